The van der Waals surface area contributed by atoms with Crippen molar-refractivity contribution in [3.8, 4) is 0 Å². The molecule has 0 aliphatic rings. The van der Waals surface area contributed by atoms with Gasteiger partial charge in [-0.1, -0.05) is 43.9 Å². The molecule has 2 rings (SSSR count). The number of carbonyl (C=O) groups excluding carboxylic acids is 1. The summed E-state index contributed by atoms with van der Waals surface area (Å²) >= 11 is 0. The van der Waals surface area contributed by atoms with Crippen LogP contribution < -0.4 is 4.72 Å². The van der Waals surface area contributed by atoms with Crippen LogP contribution in [-0.2, 0) is 25.7 Å². The van der Waals surface area contributed by atoms with Crippen molar-refractivity contribution in [2.45, 2.75) is 62.1 Å². The fourth-order valence-corrected chi connectivity index (χ4v) is 4.64. The molecule has 0 radical (unpaired) electrons. The van der Waals surface area contributed by atoms with Crippen LogP contribution in [0.4, 0.5) is 17.6 Å². The van der Waals surface area contributed by atoms with Crippen molar-refractivity contribution in [2.24, 2.45) is 0 Å². The van der Waals surface area contributed by atoms with Crippen molar-refractivity contribution < 1.29 is 35.5 Å². The number of alkyl halides is 3. The van der Waals surface area contributed by atoms with Crippen molar-refractivity contribution in [3.05, 3.63) is 65.5 Å². The van der Waals surface area contributed by atoms with Crippen LogP contribution in [0, 0.1) is 5.82 Å². The second kappa shape index (κ2) is 12.1. The van der Waals surface area contributed by atoms with Crippen molar-refractivity contribution >= 4 is 16.0 Å². The van der Waals surface area contributed by atoms with Gasteiger partial charge in [-0.3, -0.25) is 4.79 Å². The van der Waals surface area contributed by atoms with Gasteiger partial charge in [-0.2, -0.15) is 13.2 Å². The summed E-state index contributed by atoms with van der Waals surface area (Å²) in [6.07, 6.45) is -0.229. The molecule has 0 aliphatic carbocycles. The molecule has 5 nitrogen and oxygen atoms in total. The summed E-state index contributed by atoms with van der Waals surface area (Å²) in [4.78, 5) is 10.6. The van der Waals surface area contributed by atoms with E-state index in [1.807, 2.05) is 0 Å². The van der Waals surface area contributed by atoms with Gasteiger partial charge in [-0.05, 0) is 48.7 Å². The van der Waals surface area contributed by atoms with Gasteiger partial charge in [-0.15, -0.1) is 0 Å². The number of ether oxygens (including phenoxy) is 1. The van der Waals surface area contributed by atoms with E-state index in [0.717, 1.165) is 37.5 Å². The highest BCUT2D eigenvalue weighted by molar-refractivity contribution is 7.89. The molecule has 0 amide bonds. The Morgan fingerprint density at radius 2 is 1.64 bits per heavy atom. The van der Waals surface area contributed by atoms with E-state index in [4.69, 9.17) is 0 Å². The summed E-state index contributed by atoms with van der Waals surface area (Å²) in [6.45, 7) is 0. The van der Waals surface area contributed by atoms with Crippen LogP contribution in [0.2, 0.25) is 0 Å². The Morgan fingerprint density at radius 3 is 2.27 bits per heavy atom. The van der Waals surface area contributed by atoms with Crippen LogP contribution in [0.15, 0.2) is 53.4 Å². The average Bonchev–Trinajstić information content (AvgIpc) is 2.77. The molecule has 2 aromatic rings. The summed E-state index contributed by atoms with van der Waals surface area (Å²) < 4.78 is 85.1. The number of benzene rings is 2. The largest absolute Gasteiger partial charge is 0.469 e. The standard InChI is InChI=1S/C23H27F4NO4S/c1-32-22(29)11-6-4-2-3-5-10-21(17-12-14-19(24)15-13-17)28-33(30,31)20-9-7-8-18(16-20)23(25,26)27/h7-9,12-16,21,28H,2-6,10-11H2,1H3. The van der Waals surface area contributed by atoms with E-state index in [-0.39, 0.29) is 5.97 Å². The number of unbranched alkanes of at least 4 members (excludes halogenated alkanes) is 4. The Bertz CT molecular complexity index is 1010. The quantitative estimate of drug-likeness (QED) is 0.234. The zero-order chi connectivity index (χ0) is 24.5. The molecule has 0 saturated heterocycles. The molecule has 33 heavy (non-hydrogen) atoms. The Labute approximate surface area is 191 Å². The monoisotopic (exact) mass is 489 g/mol. The lowest BCUT2D eigenvalue weighted by Gasteiger charge is -2.20. The maximum absolute atomic E-state index is 13.3. The van der Waals surface area contributed by atoms with Crippen LogP contribution in [0.3, 0.4) is 0 Å². The molecule has 1 N–H and O–H groups in total. The third-order valence-electron chi connectivity index (χ3n) is 5.14. The number of rotatable bonds is 12. The Hall–Kier alpha value is -2.46. The van der Waals surface area contributed by atoms with E-state index in [1.165, 1.54) is 31.4 Å². The number of carbonyl (C=O) groups is 1. The lowest BCUT2D eigenvalue weighted by atomic mass is 10.0. The van der Waals surface area contributed by atoms with Crippen LogP contribution in [-0.4, -0.2) is 21.5 Å². The van der Waals surface area contributed by atoms with Gasteiger partial charge in [0, 0.05) is 12.5 Å². The molecular weight excluding hydrogens is 462 g/mol. The van der Waals surface area contributed by atoms with Crippen molar-refractivity contribution in [1.82, 2.24) is 4.72 Å². The number of sulfonamides is 1. The molecule has 10 heteroatoms. The SMILES string of the molecule is COC(=O)CCCCCCCC(NS(=O)(=O)c1cccc(C(F)(F)F)c1)c1ccc(F)cc1. The average molecular weight is 490 g/mol. The molecule has 0 spiro atoms. The molecule has 0 fully saturated rings. The van der Waals surface area contributed by atoms with E-state index in [2.05, 4.69) is 9.46 Å². The highest BCUT2D eigenvalue weighted by Gasteiger charge is 2.32. The second-order valence-corrected chi connectivity index (χ2v) is 9.35. The Kier molecular flexibility index (Phi) is 9.85. The number of nitrogens with one attached hydrogen (secondary N) is 1. The van der Waals surface area contributed by atoms with E-state index in [1.54, 1.807) is 0 Å². The minimum Gasteiger partial charge on any atom is -0.469 e. The zero-order valence-electron chi connectivity index (χ0n) is 18.2. The summed E-state index contributed by atoms with van der Waals surface area (Å²) in [5, 5.41) is 0. The van der Waals surface area contributed by atoms with Crippen molar-refractivity contribution in [3.63, 3.8) is 0 Å². The van der Waals surface area contributed by atoms with Gasteiger partial charge in [0.25, 0.3) is 0 Å². The molecule has 1 atom stereocenters. The van der Waals surface area contributed by atoms with Crippen molar-refractivity contribution in [2.75, 3.05) is 7.11 Å². The summed E-state index contributed by atoms with van der Waals surface area (Å²) in [7, 11) is -2.93. The fraction of sp³-hybridized carbons (Fsp3) is 0.435. The maximum Gasteiger partial charge on any atom is 0.416 e. The molecule has 0 heterocycles. The molecule has 0 aliphatic heterocycles. The summed E-state index contributed by atoms with van der Waals surface area (Å²) in [5.41, 5.74) is -0.548. The molecule has 182 valence electrons. The number of halogens is 4. The highest BCUT2D eigenvalue weighted by Crippen LogP contribution is 2.31. The first-order valence-electron chi connectivity index (χ1n) is 10.5. The lowest BCUT2D eigenvalue weighted by molar-refractivity contribution is -0.140. The number of hydrogen-bond acceptors (Lipinski definition) is 4. The number of hydrogen-bond donors (Lipinski definition) is 1. The molecule has 2 aromatic carbocycles. The molecule has 0 bridgehead atoms. The Morgan fingerprint density at radius 1 is 1.00 bits per heavy atom. The summed E-state index contributed by atoms with van der Waals surface area (Å²) in [5.74, 6) is -0.751. The minimum absolute atomic E-state index is 0.268. The van der Waals surface area contributed by atoms with E-state index >= 15 is 0 Å². The maximum atomic E-state index is 13.3. The van der Waals surface area contributed by atoms with E-state index in [0.29, 0.717) is 37.3 Å². The van der Waals surface area contributed by atoms with E-state index < -0.39 is 38.5 Å². The highest BCUT2D eigenvalue weighted by atomic mass is 32.2. The van der Waals surface area contributed by atoms with Gasteiger partial charge >= 0.3 is 12.1 Å². The summed E-state index contributed by atoms with van der Waals surface area (Å²) in [6, 6.07) is 8.10. The van der Waals surface area contributed by atoms with Gasteiger partial charge in [0.15, 0.2) is 0 Å². The third kappa shape index (κ3) is 8.77. The van der Waals surface area contributed by atoms with Crippen LogP contribution >= 0.6 is 0 Å². The van der Waals surface area contributed by atoms with Gasteiger partial charge < -0.3 is 4.74 Å². The van der Waals surface area contributed by atoms with Crippen LogP contribution in [0.25, 0.3) is 0 Å². The van der Waals surface area contributed by atoms with Gasteiger partial charge in [0.1, 0.15) is 5.82 Å². The predicted octanol–water partition coefficient (Wildman–Crippen LogP) is 5.77. The van der Waals surface area contributed by atoms with Gasteiger partial charge in [0.2, 0.25) is 10.0 Å². The third-order valence-corrected chi connectivity index (χ3v) is 6.61. The number of esters is 1. The van der Waals surface area contributed by atoms with Crippen LogP contribution in [0.5, 0.6) is 0 Å². The smallest absolute Gasteiger partial charge is 0.416 e. The molecular formula is C23H27F4NO4S. The Balaban J connectivity index is 2.07. The molecule has 0 saturated carbocycles. The normalized spacial score (nSPS) is 13.0. The first kappa shape index (κ1) is 26.8. The van der Waals surface area contributed by atoms with Gasteiger partial charge in [0.05, 0.1) is 17.6 Å². The predicted molar refractivity (Wildman–Crippen MR) is 115 cm³/mol. The fourth-order valence-electron chi connectivity index (χ4n) is 3.33. The first-order valence-corrected chi connectivity index (χ1v) is 12.0. The molecule has 1 unspecified atom stereocenters. The first-order chi connectivity index (χ1) is 15.5. The molecule has 0 aromatic heterocycles. The zero-order valence-corrected chi connectivity index (χ0v) is 19.0. The van der Waals surface area contributed by atoms with Crippen molar-refractivity contribution in [1.29, 1.82) is 0 Å². The van der Waals surface area contributed by atoms with Gasteiger partial charge in [-0.25, -0.2) is 17.5 Å². The topological polar surface area (TPSA) is 72.5 Å². The second-order valence-electron chi connectivity index (χ2n) is 7.63. The number of methoxy groups -OCH3 is 1. The minimum atomic E-state index is -4.67. The lowest BCUT2D eigenvalue weighted by Crippen LogP contribution is -2.29. The van der Waals surface area contributed by atoms with E-state index in [9.17, 15) is 30.8 Å². The van der Waals surface area contributed by atoms with Crippen LogP contribution in [0.1, 0.15) is 62.1 Å².